The molecule has 2 nitrogen and oxygen atoms in total. The average Bonchev–Trinajstić information content (AvgIpc) is 2.05. The van der Waals surface area contributed by atoms with E-state index < -0.39 is 0 Å². The van der Waals surface area contributed by atoms with Crippen LogP contribution in [0.25, 0.3) is 0 Å². The van der Waals surface area contributed by atoms with Crippen molar-refractivity contribution in [3.05, 3.63) is 33.8 Å². The monoisotopic (exact) mass is 209 g/mol. The van der Waals surface area contributed by atoms with Crippen molar-refractivity contribution in [3.63, 3.8) is 0 Å². The van der Waals surface area contributed by atoms with Crippen molar-refractivity contribution in [2.75, 3.05) is 0 Å². The Kier molecular flexibility index (Phi) is 2.40. The van der Waals surface area contributed by atoms with Crippen LogP contribution in [0.2, 0.25) is 0 Å². The molecule has 0 N–H and O–H groups in total. The maximum absolute atomic E-state index is 10.4. The Balaban J connectivity index is 3.34. The number of nitriles is 1. The van der Waals surface area contributed by atoms with Crippen LogP contribution >= 0.6 is 15.9 Å². The minimum Gasteiger partial charge on any atom is -0.298 e. The molecule has 0 aliphatic carbocycles. The summed E-state index contributed by atoms with van der Waals surface area (Å²) >= 11 is 3.15. The van der Waals surface area contributed by atoms with Gasteiger partial charge in [0.15, 0.2) is 6.29 Å². The molecule has 0 heterocycles. The highest BCUT2D eigenvalue weighted by molar-refractivity contribution is 9.10. The van der Waals surface area contributed by atoms with Crippen molar-refractivity contribution < 1.29 is 4.79 Å². The molecule has 1 aromatic carbocycles. The van der Waals surface area contributed by atoms with Gasteiger partial charge >= 0.3 is 0 Å². The zero-order valence-corrected chi connectivity index (χ0v) is 7.13. The maximum atomic E-state index is 10.4. The van der Waals surface area contributed by atoms with Crippen LogP contribution in [0.5, 0.6) is 0 Å². The van der Waals surface area contributed by atoms with Crippen LogP contribution in [0.4, 0.5) is 0 Å². The van der Waals surface area contributed by atoms with E-state index in [1.165, 1.54) is 0 Å². The summed E-state index contributed by atoms with van der Waals surface area (Å²) < 4.78 is 0.567. The van der Waals surface area contributed by atoms with E-state index in [9.17, 15) is 4.79 Å². The van der Waals surface area contributed by atoms with Gasteiger partial charge in [-0.3, -0.25) is 4.79 Å². The quantitative estimate of drug-likeness (QED) is 0.666. The Hall–Kier alpha value is -1.14. The molecule has 0 saturated heterocycles. The molecular weight excluding hydrogens is 206 g/mol. The summed E-state index contributed by atoms with van der Waals surface area (Å²) in [4.78, 5) is 10.4. The van der Waals surface area contributed by atoms with Crippen molar-refractivity contribution in [2.45, 2.75) is 0 Å². The topological polar surface area (TPSA) is 40.9 Å². The number of carbonyl (C=O) groups excluding carboxylic acids is 1. The first-order valence-electron chi connectivity index (χ1n) is 2.93. The van der Waals surface area contributed by atoms with Crippen LogP contribution in [0, 0.1) is 11.3 Å². The van der Waals surface area contributed by atoms with Gasteiger partial charge in [0.2, 0.25) is 0 Å². The first kappa shape index (κ1) is 7.96. The minimum absolute atomic E-state index is 0.481. The minimum atomic E-state index is 0.481. The van der Waals surface area contributed by atoms with E-state index in [1.807, 2.05) is 6.07 Å². The molecule has 0 aromatic heterocycles. The molecule has 1 aromatic rings. The third-order valence-electron chi connectivity index (χ3n) is 1.28. The largest absolute Gasteiger partial charge is 0.298 e. The van der Waals surface area contributed by atoms with Crippen LogP contribution in [-0.4, -0.2) is 6.29 Å². The molecule has 1 rings (SSSR count). The van der Waals surface area contributed by atoms with Crippen LogP contribution in [0.1, 0.15) is 15.9 Å². The molecule has 0 unspecified atom stereocenters. The third-order valence-corrected chi connectivity index (χ3v) is 2.16. The predicted molar refractivity (Wildman–Crippen MR) is 44.2 cm³/mol. The highest BCUT2D eigenvalue weighted by Gasteiger charge is 2.02. The fourth-order valence-corrected chi connectivity index (χ4v) is 1.17. The summed E-state index contributed by atoms with van der Waals surface area (Å²) in [6, 6.07) is 6.94. The predicted octanol–water partition coefficient (Wildman–Crippen LogP) is 2.13. The van der Waals surface area contributed by atoms with Gasteiger partial charge in [-0.1, -0.05) is 12.1 Å². The molecule has 0 spiro atoms. The van der Waals surface area contributed by atoms with E-state index in [0.29, 0.717) is 21.9 Å². The van der Waals surface area contributed by atoms with Gasteiger partial charge in [0, 0.05) is 10.0 Å². The second-order valence-corrected chi connectivity index (χ2v) is 2.73. The Bertz CT molecular complexity index is 327. The number of hydrogen-bond acceptors (Lipinski definition) is 2. The first-order valence-corrected chi connectivity index (χ1v) is 3.72. The maximum Gasteiger partial charge on any atom is 0.151 e. The summed E-state index contributed by atoms with van der Waals surface area (Å²) in [6.45, 7) is 0. The number of hydrogen-bond donors (Lipinski definition) is 0. The number of halogens is 1. The molecular formula is C8H4BrNO. The van der Waals surface area contributed by atoms with Crippen molar-refractivity contribution in [3.8, 4) is 6.07 Å². The van der Waals surface area contributed by atoms with E-state index in [4.69, 9.17) is 5.26 Å². The van der Waals surface area contributed by atoms with Crippen molar-refractivity contribution >= 4 is 22.2 Å². The summed E-state index contributed by atoms with van der Waals surface area (Å²) in [5.74, 6) is 0. The summed E-state index contributed by atoms with van der Waals surface area (Å²) in [6.07, 6.45) is 0.713. The molecule has 0 aliphatic heterocycles. The second kappa shape index (κ2) is 3.31. The Morgan fingerprint density at radius 1 is 1.55 bits per heavy atom. The summed E-state index contributed by atoms with van der Waals surface area (Å²) in [5, 5.41) is 8.54. The fourth-order valence-electron chi connectivity index (χ4n) is 0.727. The second-order valence-electron chi connectivity index (χ2n) is 1.94. The van der Waals surface area contributed by atoms with Gasteiger partial charge in [0.05, 0.1) is 5.56 Å². The van der Waals surface area contributed by atoms with Crippen LogP contribution in [0.3, 0.4) is 0 Å². The van der Waals surface area contributed by atoms with Gasteiger partial charge < -0.3 is 0 Å². The molecule has 0 amide bonds. The molecule has 11 heavy (non-hydrogen) atoms. The van der Waals surface area contributed by atoms with Crippen molar-refractivity contribution in [1.82, 2.24) is 0 Å². The van der Waals surface area contributed by atoms with Crippen LogP contribution in [-0.2, 0) is 0 Å². The zero-order chi connectivity index (χ0) is 8.27. The Morgan fingerprint density at radius 3 is 2.82 bits per heavy atom. The molecule has 0 radical (unpaired) electrons. The lowest BCUT2D eigenvalue weighted by molar-refractivity contribution is 0.112. The van der Waals surface area contributed by atoms with Gasteiger partial charge in [-0.2, -0.15) is 5.26 Å². The van der Waals surface area contributed by atoms with Crippen molar-refractivity contribution in [1.29, 1.82) is 5.26 Å². The van der Waals surface area contributed by atoms with E-state index in [0.717, 1.165) is 0 Å². The number of carbonyl (C=O) groups is 1. The van der Waals surface area contributed by atoms with Crippen LogP contribution < -0.4 is 0 Å². The van der Waals surface area contributed by atoms with Crippen molar-refractivity contribution in [2.24, 2.45) is 0 Å². The van der Waals surface area contributed by atoms with Gasteiger partial charge in [-0.15, -0.1) is 0 Å². The average molecular weight is 210 g/mol. The molecule has 54 valence electrons. The van der Waals surface area contributed by atoms with Gasteiger partial charge in [0.25, 0.3) is 0 Å². The molecule has 0 bridgehead atoms. The molecule has 0 atom stereocenters. The van der Waals surface area contributed by atoms with Gasteiger partial charge in [-0.25, -0.2) is 0 Å². The molecule has 0 aliphatic rings. The molecule has 0 saturated carbocycles. The number of rotatable bonds is 1. The third kappa shape index (κ3) is 1.47. The molecule has 3 heteroatoms. The Morgan fingerprint density at radius 2 is 2.27 bits per heavy atom. The summed E-state index contributed by atoms with van der Waals surface area (Å²) in [7, 11) is 0. The number of nitrogens with zero attached hydrogens (tertiary/aromatic N) is 1. The first-order chi connectivity index (χ1) is 5.29. The van der Waals surface area contributed by atoms with Gasteiger partial charge in [-0.05, 0) is 22.0 Å². The fraction of sp³-hybridized carbons (Fsp3) is 0. The normalized spacial score (nSPS) is 8.73. The van der Waals surface area contributed by atoms with E-state index in [1.54, 1.807) is 18.2 Å². The summed E-state index contributed by atoms with van der Waals surface area (Å²) in [5.41, 5.74) is 0.985. The number of benzene rings is 1. The zero-order valence-electron chi connectivity index (χ0n) is 5.54. The molecule has 0 fully saturated rings. The lowest BCUT2D eigenvalue weighted by Gasteiger charge is -1.95. The van der Waals surface area contributed by atoms with E-state index in [2.05, 4.69) is 15.9 Å². The van der Waals surface area contributed by atoms with E-state index >= 15 is 0 Å². The standard InChI is InChI=1S/C8H4BrNO/c9-8-6(4-10)2-1-3-7(8)5-11/h1-3,5H. The van der Waals surface area contributed by atoms with E-state index in [-0.39, 0.29) is 0 Å². The Labute approximate surface area is 72.6 Å². The SMILES string of the molecule is N#Cc1cccc(C=O)c1Br. The van der Waals surface area contributed by atoms with Crippen LogP contribution in [0.15, 0.2) is 22.7 Å². The smallest absolute Gasteiger partial charge is 0.151 e. The lowest BCUT2D eigenvalue weighted by Crippen LogP contribution is -1.84. The highest BCUT2D eigenvalue weighted by atomic mass is 79.9. The number of aldehydes is 1. The lowest BCUT2D eigenvalue weighted by atomic mass is 10.1. The highest BCUT2D eigenvalue weighted by Crippen LogP contribution is 2.19. The van der Waals surface area contributed by atoms with Gasteiger partial charge in [0.1, 0.15) is 6.07 Å².